The van der Waals surface area contributed by atoms with Crippen molar-refractivity contribution in [3.8, 4) is 0 Å². The number of nitrogens with zero attached hydrogens (tertiary/aromatic N) is 3. The summed E-state index contributed by atoms with van der Waals surface area (Å²) in [5, 5.41) is 54.4. The molecule has 2 aliphatic rings. The summed E-state index contributed by atoms with van der Waals surface area (Å²) in [4.78, 5) is 105. The van der Waals surface area contributed by atoms with E-state index in [0.717, 1.165) is 0 Å². The number of H-pyrrole nitrogens is 1. The van der Waals surface area contributed by atoms with Gasteiger partial charge in [0.1, 0.15) is 5.69 Å². The van der Waals surface area contributed by atoms with Crippen molar-refractivity contribution in [3.63, 3.8) is 0 Å². The number of carbonyl (C=O) groups excluding carboxylic acids is 7. The number of nitrogen functional groups attached to an aromatic ring is 1. The molecule has 7 N–H and O–H groups in total. The molecule has 1 aromatic heterocycles. The molecule has 4 atom stereocenters. The fourth-order valence-electron chi connectivity index (χ4n) is 5.57. The van der Waals surface area contributed by atoms with E-state index in [0.29, 0.717) is 37.0 Å². The Balaban J connectivity index is 1.27. The van der Waals surface area contributed by atoms with Crippen LogP contribution in [-0.2, 0) is 28.8 Å². The van der Waals surface area contributed by atoms with Crippen molar-refractivity contribution < 1.29 is 54.0 Å². The fourth-order valence-corrected chi connectivity index (χ4v) is 5.57. The van der Waals surface area contributed by atoms with Gasteiger partial charge < -0.3 is 76.4 Å². The highest BCUT2D eigenvalue weighted by atomic mass is 16.4. The van der Waals surface area contributed by atoms with Crippen molar-refractivity contribution in [2.75, 3.05) is 40.6 Å². The lowest BCUT2D eigenvalue weighted by molar-refractivity contribution is -0.311. The number of nitrogens with two attached hydrogens (primary N) is 1. The molecule has 0 unspecified atom stereocenters. The zero-order valence-electron chi connectivity index (χ0n) is 26.8. The predicted octanol–water partition coefficient (Wildman–Crippen LogP) is -7.16. The smallest absolute Gasteiger partial charge is 0.278 e. The van der Waals surface area contributed by atoms with Crippen molar-refractivity contribution in [2.24, 2.45) is 0 Å². The van der Waals surface area contributed by atoms with Gasteiger partial charge >= 0.3 is 0 Å². The number of aliphatic carboxylic acids is 4. The summed E-state index contributed by atoms with van der Waals surface area (Å²) in [6, 6.07) is 1.07. The maximum absolute atomic E-state index is 12.9. The number of hydrogen-bond donors (Lipinski definition) is 6. The van der Waals surface area contributed by atoms with E-state index < -0.39 is 98.2 Å². The second-order valence-electron chi connectivity index (χ2n) is 11.8. The standard InChI is InChI=1S/C30H37N9O12/c31-30-36-24-23(26(45)37-30)39-13-38(12-16(39)11-32-24)15-3-1-14(2-4-15)25(44)35-19(29(50)51)6-9-21(41)33-17(27(46)47)5-8-20(40)34-18(28(48)49)7-10-22(42)43/h1-4,16-19H,5-13H2,(H,33,41)(H,34,40)(H,35,44)(H,42,43)(H,46,47)(H,48,49)(H,50,51)(H4,31,32,36,37,45)/p-4/t16-,17+,18+,19+/m1/s1. The molecule has 3 heterocycles. The third kappa shape index (κ3) is 9.83. The third-order valence-corrected chi connectivity index (χ3v) is 8.18. The van der Waals surface area contributed by atoms with Crippen LogP contribution in [0.2, 0.25) is 0 Å². The van der Waals surface area contributed by atoms with Gasteiger partial charge in [0, 0.05) is 43.2 Å². The van der Waals surface area contributed by atoms with Crippen LogP contribution in [0.3, 0.4) is 0 Å². The van der Waals surface area contributed by atoms with Gasteiger partial charge in [-0.3, -0.25) is 24.2 Å². The Bertz CT molecular complexity index is 1750. The average Bonchev–Trinajstić information content (AvgIpc) is 3.50. The lowest BCUT2D eigenvalue weighted by Crippen LogP contribution is -2.51. The number of carbonyl (C=O) groups is 7. The summed E-state index contributed by atoms with van der Waals surface area (Å²) < 4.78 is 0. The molecule has 1 saturated heterocycles. The summed E-state index contributed by atoms with van der Waals surface area (Å²) >= 11 is 0. The van der Waals surface area contributed by atoms with E-state index in [-0.39, 0.29) is 23.1 Å². The second-order valence-corrected chi connectivity index (χ2v) is 11.8. The Kier molecular flexibility index (Phi) is 12.0. The summed E-state index contributed by atoms with van der Waals surface area (Å²) in [6.45, 7) is 1.39. The molecule has 21 nitrogen and oxygen atoms in total. The van der Waals surface area contributed by atoms with Gasteiger partial charge in [0.15, 0.2) is 5.82 Å². The molecule has 3 amide bonds. The summed E-state index contributed by atoms with van der Waals surface area (Å²) in [5.74, 6) is -9.20. The summed E-state index contributed by atoms with van der Waals surface area (Å²) in [5.41, 5.74) is 6.42. The van der Waals surface area contributed by atoms with Gasteiger partial charge in [-0.15, -0.1) is 0 Å². The Morgan fingerprint density at radius 1 is 0.824 bits per heavy atom. The van der Waals surface area contributed by atoms with Gasteiger partial charge in [-0.2, -0.15) is 4.98 Å². The van der Waals surface area contributed by atoms with Crippen LogP contribution in [0.1, 0.15) is 48.9 Å². The number of aromatic nitrogens is 2. The van der Waals surface area contributed by atoms with Crippen molar-refractivity contribution in [1.29, 1.82) is 0 Å². The summed E-state index contributed by atoms with van der Waals surface area (Å²) in [7, 11) is 0. The molecule has 0 saturated carbocycles. The van der Waals surface area contributed by atoms with Crippen LogP contribution in [0.4, 0.5) is 23.1 Å². The summed E-state index contributed by atoms with van der Waals surface area (Å²) in [6.07, 6.45) is -3.48. The number of aromatic amines is 1. The lowest BCUT2D eigenvalue weighted by Gasteiger charge is -2.31. The molecular weight excluding hydrogens is 678 g/mol. The van der Waals surface area contributed by atoms with Gasteiger partial charge in [-0.05, 0) is 49.9 Å². The van der Waals surface area contributed by atoms with Gasteiger partial charge in [-0.25, -0.2) is 0 Å². The van der Waals surface area contributed by atoms with Gasteiger partial charge in [0.05, 0.1) is 48.7 Å². The van der Waals surface area contributed by atoms with Crippen LogP contribution >= 0.6 is 0 Å². The van der Waals surface area contributed by atoms with Gasteiger partial charge in [0.25, 0.3) is 11.5 Å². The number of fused-ring (bicyclic) bond motifs is 3. The molecule has 0 aliphatic carbocycles. The Morgan fingerprint density at radius 3 is 1.88 bits per heavy atom. The van der Waals surface area contributed by atoms with E-state index in [4.69, 9.17) is 5.73 Å². The fraction of sp³-hybridized carbons (Fsp3) is 0.433. The van der Waals surface area contributed by atoms with Crippen LogP contribution in [-0.4, -0.2) is 95.5 Å². The zero-order valence-corrected chi connectivity index (χ0v) is 26.8. The van der Waals surface area contributed by atoms with E-state index in [1.807, 2.05) is 15.1 Å². The van der Waals surface area contributed by atoms with Crippen molar-refractivity contribution >= 4 is 64.7 Å². The quantitative estimate of drug-likeness (QED) is 0.0887. The highest BCUT2D eigenvalue weighted by Crippen LogP contribution is 2.32. The highest BCUT2D eigenvalue weighted by molar-refractivity contribution is 5.97. The molecule has 51 heavy (non-hydrogen) atoms. The van der Waals surface area contributed by atoms with E-state index in [2.05, 4.69) is 25.9 Å². The normalized spacial score (nSPS) is 16.4. The minimum absolute atomic E-state index is 0.0113. The average molecular weight is 712 g/mol. The first kappa shape index (κ1) is 37.4. The molecular formula is C30H33N9O12-4. The monoisotopic (exact) mass is 711 g/mol. The topological polar surface area (TPSA) is 338 Å². The van der Waals surface area contributed by atoms with Gasteiger partial charge in [-0.1, -0.05) is 0 Å². The minimum Gasteiger partial charge on any atom is -0.550 e. The first-order valence-electron chi connectivity index (χ1n) is 15.6. The molecule has 1 aromatic carbocycles. The molecule has 1 fully saturated rings. The number of nitrogens with one attached hydrogen (secondary N) is 5. The number of hydrogen-bond acceptors (Lipinski definition) is 17. The number of benzene rings is 1. The second kappa shape index (κ2) is 16.3. The number of anilines is 4. The number of rotatable bonds is 17. The Labute approximate surface area is 288 Å². The Morgan fingerprint density at radius 2 is 1.35 bits per heavy atom. The van der Waals surface area contributed by atoms with E-state index in [1.165, 1.54) is 12.1 Å². The zero-order chi connectivity index (χ0) is 37.4. The Hall–Kier alpha value is -6.41. The van der Waals surface area contributed by atoms with E-state index in [1.54, 1.807) is 12.1 Å². The maximum Gasteiger partial charge on any atom is 0.278 e. The number of amides is 3. The third-order valence-electron chi connectivity index (χ3n) is 8.18. The first-order chi connectivity index (χ1) is 24.1. The van der Waals surface area contributed by atoms with Crippen molar-refractivity contribution in [1.82, 2.24) is 25.9 Å². The predicted molar refractivity (Wildman–Crippen MR) is 166 cm³/mol. The van der Waals surface area contributed by atoms with Crippen LogP contribution < -0.4 is 62.8 Å². The first-order valence-corrected chi connectivity index (χ1v) is 15.6. The van der Waals surface area contributed by atoms with Crippen molar-refractivity contribution in [3.05, 3.63) is 40.2 Å². The largest absolute Gasteiger partial charge is 0.550 e. The maximum atomic E-state index is 12.9. The SMILES string of the molecule is Nc1nc2c(c(=O)[nH]1)N1CN(c3ccc(C(=O)N[C@@H](CCC(=O)N[C@@H](CCC(=O)N[C@@H](CCC(=O)[O-])C(=O)[O-])C(=O)[O-])C(=O)[O-])cc3)C[C@H]1CN2. The molecule has 0 spiro atoms. The molecule has 2 aliphatic heterocycles. The minimum atomic E-state index is -1.79. The highest BCUT2D eigenvalue weighted by Gasteiger charge is 2.37. The molecule has 21 heteroatoms. The van der Waals surface area contributed by atoms with Crippen LogP contribution in [0, 0.1) is 0 Å². The molecule has 0 bridgehead atoms. The van der Waals surface area contributed by atoms with Crippen LogP contribution in [0.5, 0.6) is 0 Å². The van der Waals surface area contributed by atoms with Crippen LogP contribution in [0.15, 0.2) is 29.1 Å². The molecule has 2 aromatic rings. The van der Waals surface area contributed by atoms with Crippen molar-refractivity contribution in [2.45, 2.75) is 62.7 Å². The van der Waals surface area contributed by atoms with Crippen LogP contribution in [0.25, 0.3) is 0 Å². The van der Waals surface area contributed by atoms with E-state index >= 15 is 0 Å². The number of carboxylic acids is 4. The molecule has 4 rings (SSSR count). The lowest BCUT2D eigenvalue weighted by atomic mass is 10.1. The van der Waals surface area contributed by atoms with E-state index in [9.17, 15) is 58.8 Å². The number of carboxylic acid groups (broad SMARTS) is 4. The molecule has 0 radical (unpaired) electrons. The van der Waals surface area contributed by atoms with Gasteiger partial charge in [0.2, 0.25) is 17.8 Å². The molecule has 274 valence electrons.